The fourth-order valence-electron chi connectivity index (χ4n) is 1.91. The van der Waals surface area contributed by atoms with Gasteiger partial charge in [0, 0.05) is 18.9 Å². The lowest BCUT2D eigenvalue weighted by molar-refractivity contribution is -0.191. The maximum atomic E-state index is 12.9. The minimum absolute atomic E-state index is 0.303. The van der Waals surface area contributed by atoms with Gasteiger partial charge in [-0.2, -0.15) is 13.2 Å². The van der Waals surface area contributed by atoms with Crippen molar-refractivity contribution in [2.24, 2.45) is 0 Å². The standard InChI is InChI=1S/C12H13F3N4O2/c1-11(12(13,14)15)9(20)19(10(21)18-11)6-8-5-7(16-2)3-4-17-8/h3-5H,6H2,1-2H3,(H,16,17)(H,18,21). The van der Waals surface area contributed by atoms with E-state index in [0.29, 0.717) is 23.2 Å². The first-order valence-electron chi connectivity index (χ1n) is 6.02. The highest BCUT2D eigenvalue weighted by Gasteiger charge is 2.64. The third kappa shape index (κ3) is 2.50. The van der Waals surface area contributed by atoms with E-state index in [0.717, 1.165) is 0 Å². The average molecular weight is 302 g/mol. The molecule has 1 fully saturated rings. The van der Waals surface area contributed by atoms with Crippen LogP contribution >= 0.6 is 0 Å². The van der Waals surface area contributed by atoms with Crippen molar-refractivity contribution in [1.29, 1.82) is 0 Å². The Hall–Kier alpha value is -2.32. The number of hydrogen-bond acceptors (Lipinski definition) is 4. The van der Waals surface area contributed by atoms with Crippen molar-refractivity contribution in [2.75, 3.05) is 12.4 Å². The molecular weight excluding hydrogens is 289 g/mol. The maximum absolute atomic E-state index is 12.9. The zero-order valence-electron chi connectivity index (χ0n) is 11.3. The number of amides is 3. The van der Waals surface area contributed by atoms with E-state index < -0.39 is 23.7 Å². The Morgan fingerprint density at radius 2 is 2.10 bits per heavy atom. The van der Waals surface area contributed by atoms with Crippen LogP contribution in [0.25, 0.3) is 0 Å². The summed E-state index contributed by atoms with van der Waals surface area (Å²) in [5.41, 5.74) is -1.92. The Kier molecular flexibility index (Phi) is 3.52. The molecule has 1 unspecified atom stereocenters. The number of nitrogens with zero attached hydrogens (tertiary/aromatic N) is 2. The fraction of sp³-hybridized carbons (Fsp3) is 0.417. The smallest absolute Gasteiger partial charge is 0.388 e. The molecule has 0 bridgehead atoms. The molecule has 1 aromatic heterocycles. The van der Waals surface area contributed by atoms with Gasteiger partial charge in [0.1, 0.15) is 0 Å². The summed E-state index contributed by atoms with van der Waals surface area (Å²) >= 11 is 0. The number of pyridine rings is 1. The van der Waals surface area contributed by atoms with E-state index in [4.69, 9.17) is 0 Å². The van der Waals surface area contributed by atoms with E-state index >= 15 is 0 Å². The Labute approximate surface area is 118 Å². The van der Waals surface area contributed by atoms with Gasteiger partial charge in [-0.25, -0.2) is 4.79 Å². The lowest BCUT2D eigenvalue weighted by atomic mass is 10.0. The summed E-state index contributed by atoms with van der Waals surface area (Å²) in [6.07, 6.45) is -3.43. The molecule has 0 radical (unpaired) electrons. The molecule has 0 aromatic carbocycles. The first kappa shape index (κ1) is 15.1. The summed E-state index contributed by atoms with van der Waals surface area (Å²) in [5, 5.41) is 4.52. The van der Waals surface area contributed by atoms with Gasteiger partial charge in [0.05, 0.1) is 12.2 Å². The van der Waals surface area contributed by atoms with Crippen molar-refractivity contribution >= 4 is 17.6 Å². The summed E-state index contributed by atoms with van der Waals surface area (Å²) in [6, 6.07) is 2.11. The number of aromatic nitrogens is 1. The Balaban J connectivity index is 2.25. The molecule has 1 atom stereocenters. The zero-order chi connectivity index (χ0) is 15.8. The number of imide groups is 1. The maximum Gasteiger partial charge on any atom is 0.420 e. The van der Waals surface area contributed by atoms with Gasteiger partial charge in [0.25, 0.3) is 5.91 Å². The number of carbonyl (C=O) groups excluding carboxylic acids is 2. The van der Waals surface area contributed by atoms with Gasteiger partial charge in [-0.05, 0) is 19.1 Å². The van der Waals surface area contributed by atoms with Crippen LogP contribution in [0.4, 0.5) is 23.7 Å². The molecule has 9 heteroatoms. The molecule has 2 rings (SSSR count). The quantitative estimate of drug-likeness (QED) is 0.830. The topological polar surface area (TPSA) is 74.3 Å². The number of alkyl halides is 3. The van der Waals surface area contributed by atoms with Crippen molar-refractivity contribution in [2.45, 2.75) is 25.2 Å². The normalized spacial score (nSPS) is 22.4. The predicted octanol–water partition coefficient (Wildman–Crippen LogP) is 1.50. The molecule has 21 heavy (non-hydrogen) atoms. The molecule has 0 aliphatic carbocycles. The van der Waals surface area contributed by atoms with Crippen LogP contribution in [0.3, 0.4) is 0 Å². The summed E-state index contributed by atoms with van der Waals surface area (Å²) in [4.78, 5) is 28.0. The van der Waals surface area contributed by atoms with E-state index in [-0.39, 0.29) is 6.54 Å². The van der Waals surface area contributed by atoms with Gasteiger partial charge >= 0.3 is 12.2 Å². The second kappa shape index (κ2) is 4.90. The molecule has 0 saturated carbocycles. The van der Waals surface area contributed by atoms with Crippen LogP contribution in [0.1, 0.15) is 12.6 Å². The van der Waals surface area contributed by atoms with E-state index in [2.05, 4.69) is 10.3 Å². The van der Waals surface area contributed by atoms with Crippen molar-refractivity contribution in [3.05, 3.63) is 24.0 Å². The summed E-state index contributed by atoms with van der Waals surface area (Å²) in [5.74, 6) is -1.34. The van der Waals surface area contributed by atoms with Crippen LogP contribution in [-0.2, 0) is 11.3 Å². The highest BCUT2D eigenvalue weighted by Crippen LogP contribution is 2.35. The molecule has 1 aliphatic rings. The van der Waals surface area contributed by atoms with Gasteiger partial charge in [-0.1, -0.05) is 0 Å². The van der Waals surface area contributed by atoms with Gasteiger partial charge in [0.2, 0.25) is 5.54 Å². The molecule has 2 N–H and O–H groups in total. The molecule has 2 heterocycles. The molecular formula is C12H13F3N4O2. The first-order valence-corrected chi connectivity index (χ1v) is 6.02. The third-order valence-electron chi connectivity index (χ3n) is 3.27. The lowest BCUT2D eigenvalue weighted by Crippen LogP contribution is -2.56. The highest BCUT2D eigenvalue weighted by molar-refractivity contribution is 6.07. The second-order valence-corrected chi connectivity index (χ2v) is 4.73. The monoisotopic (exact) mass is 302 g/mol. The molecule has 1 aromatic rings. The van der Waals surface area contributed by atoms with E-state index in [1.807, 2.05) is 0 Å². The predicted molar refractivity (Wildman–Crippen MR) is 67.3 cm³/mol. The van der Waals surface area contributed by atoms with Crippen LogP contribution in [0, 0.1) is 0 Å². The lowest BCUT2D eigenvalue weighted by Gasteiger charge is -2.24. The molecule has 6 nitrogen and oxygen atoms in total. The number of nitrogens with one attached hydrogen (secondary N) is 2. The summed E-state index contributed by atoms with van der Waals surface area (Å²) in [7, 11) is 1.66. The van der Waals surface area contributed by atoms with Crippen LogP contribution < -0.4 is 10.6 Å². The Morgan fingerprint density at radius 1 is 1.43 bits per heavy atom. The van der Waals surface area contributed by atoms with Crippen LogP contribution in [0.5, 0.6) is 0 Å². The Bertz CT molecular complexity index is 590. The fourth-order valence-corrected chi connectivity index (χ4v) is 1.91. The summed E-state index contributed by atoms with van der Waals surface area (Å²) < 4.78 is 38.7. The van der Waals surface area contributed by atoms with Crippen LogP contribution in [0.15, 0.2) is 18.3 Å². The van der Waals surface area contributed by atoms with Crippen molar-refractivity contribution < 1.29 is 22.8 Å². The molecule has 0 spiro atoms. The van der Waals surface area contributed by atoms with Crippen molar-refractivity contribution in [3.63, 3.8) is 0 Å². The van der Waals surface area contributed by atoms with Gasteiger partial charge in [-0.15, -0.1) is 0 Å². The Morgan fingerprint density at radius 3 is 2.62 bits per heavy atom. The number of hydrogen-bond donors (Lipinski definition) is 2. The van der Waals surface area contributed by atoms with Gasteiger partial charge in [-0.3, -0.25) is 14.7 Å². The number of anilines is 1. The van der Waals surface area contributed by atoms with Gasteiger partial charge < -0.3 is 10.6 Å². The first-order chi connectivity index (χ1) is 9.69. The minimum Gasteiger partial charge on any atom is -0.388 e. The molecule has 1 saturated heterocycles. The second-order valence-electron chi connectivity index (χ2n) is 4.73. The zero-order valence-corrected chi connectivity index (χ0v) is 11.3. The molecule has 1 aliphatic heterocycles. The summed E-state index contributed by atoms with van der Waals surface area (Å²) in [6.45, 7) is 0.316. The minimum atomic E-state index is -4.87. The highest BCUT2D eigenvalue weighted by atomic mass is 19.4. The van der Waals surface area contributed by atoms with E-state index in [1.165, 1.54) is 6.20 Å². The van der Waals surface area contributed by atoms with Crippen LogP contribution in [-0.4, -0.2) is 40.6 Å². The SMILES string of the molecule is CNc1ccnc(CN2C(=O)NC(C)(C(F)(F)F)C2=O)c1. The van der Waals surface area contributed by atoms with Crippen molar-refractivity contribution in [3.8, 4) is 0 Å². The van der Waals surface area contributed by atoms with E-state index in [9.17, 15) is 22.8 Å². The number of rotatable bonds is 3. The van der Waals surface area contributed by atoms with Crippen molar-refractivity contribution in [1.82, 2.24) is 15.2 Å². The number of halogens is 3. The van der Waals surface area contributed by atoms with Gasteiger partial charge in [0.15, 0.2) is 0 Å². The molecule has 114 valence electrons. The average Bonchev–Trinajstić information content (AvgIpc) is 2.63. The number of urea groups is 1. The van der Waals surface area contributed by atoms with E-state index in [1.54, 1.807) is 24.5 Å². The largest absolute Gasteiger partial charge is 0.420 e. The van der Waals surface area contributed by atoms with Crippen LogP contribution in [0.2, 0.25) is 0 Å². The third-order valence-corrected chi connectivity index (χ3v) is 3.27. The number of carbonyl (C=O) groups is 2. The molecule has 3 amide bonds.